The van der Waals surface area contributed by atoms with E-state index in [0.29, 0.717) is 39.9 Å². The number of hydrogen-bond donors (Lipinski definition) is 7. The van der Waals surface area contributed by atoms with Crippen molar-refractivity contribution in [2.24, 2.45) is 27.4 Å². The highest BCUT2D eigenvalue weighted by Crippen LogP contribution is 2.29. The summed E-state index contributed by atoms with van der Waals surface area (Å²) in [6, 6.07) is 53.9. The minimum absolute atomic E-state index is 0.0270. The number of benzene rings is 7. The summed E-state index contributed by atoms with van der Waals surface area (Å²) in [5, 5.41) is 51.8. The zero-order valence-electron chi connectivity index (χ0n) is 60.1. The summed E-state index contributed by atoms with van der Waals surface area (Å²) in [5.41, 5.74) is 16.5. The van der Waals surface area contributed by atoms with Crippen molar-refractivity contribution in [3.63, 3.8) is 0 Å². The van der Waals surface area contributed by atoms with Gasteiger partial charge in [0.2, 0.25) is 0 Å². The molecule has 100 heavy (non-hydrogen) atoms. The van der Waals surface area contributed by atoms with Crippen molar-refractivity contribution in [3.8, 4) is 0 Å². The number of aliphatic hydroxyl groups excluding tert-OH is 6. The molecule has 8 N–H and O–H groups in total. The van der Waals surface area contributed by atoms with Crippen LogP contribution in [0.25, 0.3) is 6.08 Å². The van der Waals surface area contributed by atoms with E-state index in [1.165, 1.54) is 42.5 Å². The van der Waals surface area contributed by atoms with Crippen LogP contribution >= 0.6 is 15.9 Å². The highest BCUT2D eigenvalue weighted by Gasteiger charge is 2.36. The van der Waals surface area contributed by atoms with Gasteiger partial charge < -0.3 is 36.4 Å². The van der Waals surface area contributed by atoms with Crippen molar-refractivity contribution >= 4 is 57.4 Å². The SMILES string of the molecule is C=CCN1C(=O)c2ccccc2C1=O.CC(C)(CO)Cc1cccc(/C=C/CN2C(=O)c3ccccc3C2=O)c1.CC(C)(CO)Cc1cccc(Br)c1.CC(C)(CO)Cc1cccc(CCCN)c1.CC(C)(CO)Cc1cccc(CCCN2C(=O)c3ccccc3C2=O)c1.CCO.CO. The smallest absolute Gasteiger partial charge is 0.261 e. The van der Waals surface area contributed by atoms with E-state index >= 15 is 0 Å². The predicted molar refractivity (Wildman–Crippen MR) is 403 cm³/mol. The first-order valence-corrected chi connectivity index (χ1v) is 34.7. The van der Waals surface area contributed by atoms with Crippen molar-refractivity contribution in [2.75, 3.05) is 66.3 Å². The van der Waals surface area contributed by atoms with E-state index in [1.54, 1.807) is 85.8 Å². The highest BCUT2D eigenvalue weighted by molar-refractivity contribution is 9.10. The molecule has 0 unspecified atom stereocenters. The Balaban J connectivity index is 0.000000268. The number of carbonyl (C=O) groups is 6. The predicted octanol–water partition coefficient (Wildman–Crippen LogP) is 13.3. The Bertz CT molecular complexity index is 3730. The number of nitrogens with zero attached hydrogens (tertiary/aromatic N) is 3. The Morgan fingerprint density at radius 3 is 1.05 bits per heavy atom. The summed E-state index contributed by atoms with van der Waals surface area (Å²) >= 11 is 3.43. The number of halogens is 1. The number of nitrogens with two attached hydrogens (primary N) is 1. The van der Waals surface area contributed by atoms with Crippen LogP contribution in [-0.4, -0.2) is 147 Å². The Morgan fingerprint density at radius 1 is 0.410 bits per heavy atom. The normalized spacial score (nSPS) is 13.0. The van der Waals surface area contributed by atoms with Crippen LogP contribution < -0.4 is 5.73 Å². The van der Waals surface area contributed by atoms with Gasteiger partial charge in [0, 0.05) is 64.3 Å². The van der Waals surface area contributed by atoms with E-state index in [4.69, 9.17) is 21.1 Å². The molecular weight excluding hydrogens is 1320 g/mol. The summed E-state index contributed by atoms with van der Waals surface area (Å²) in [6.45, 7) is 24.3. The fourth-order valence-electron chi connectivity index (χ4n) is 11.1. The van der Waals surface area contributed by atoms with Gasteiger partial charge in [-0.25, -0.2) is 0 Å². The van der Waals surface area contributed by atoms with Crippen LogP contribution in [0.4, 0.5) is 0 Å². The molecule has 0 spiro atoms. The maximum Gasteiger partial charge on any atom is 0.261 e. The lowest BCUT2D eigenvalue weighted by molar-refractivity contribution is 0.0642. The van der Waals surface area contributed by atoms with Gasteiger partial charge in [0.05, 0.1) is 33.4 Å². The lowest BCUT2D eigenvalue weighted by Gasteiger charge is -2.21. The van der Waals surface area contributed by atoms with Crippen LogP contribution in [0, 0.1) is 21.7 Å². The van der Waals surface area contributed by atoms with Crippen LogP contribution in [0.3, 0.4) is 0 Å². The number of rotatable bonds is 24. The number of carbonyl (C=O) groups excluding carboxylic acids is 6. The fourth-order valence-corrected chi connectivity index (χ4v) is 11.5. The molecule has 17 heteroatoms. The molecule has 0 saturated carbocycles. The molecule has 536 valence electrons. The molecule has 0 atom stereocenters. The first-order chi connectivity index (χ1) is 47.6. The largest absolute Gasteiger partial charge is 0.400 e. The van der Waals surface area contributed by atoms with Crippen LogP contribution in [0.1, 0.15) is 176 Å². The third-order valence-electron chi connectivity index (χ3n) is 16.3. The molecule has 0 aliphatic carbocycles. The standard InChI is InChI=1S/C22H25NO3.C22H23NO3.C14H23NO.C11H15BrO.C11H9NO2.C2H6O.CH4O/c2*1-22(2,15-24)14-17-8-5-7-16(13-17)9-6-12-23-20(25)18-10-3-4-11-19(18)21(23)26;1-14(2,11-16)10-13-6-3-5-12(9-13)7-4-8-15;1-11(2,8-13)7-9-4-3-5-10(12)6-9;1-2-7-12-10(13)8-5-3-4-6-9(8)11(12)14;1-2-3;1-2/h3-5,7-8,10-11,13,24H,6,9,12,14-15H2,1-2H3;3-11,13,24H,12,14-15H2,1-2H3;3,5-6,9,16H,4,7-8,10-11,15H2,1-2H3;3-6,13H,7-8H2,1-2H3;2-6H,1,7H2;3H,2H2,1H3;2H,1H3/b;9-6+;;;;;. The number of hydrogen-bond acceptors (Lipinski definition) is 13. The minimum atomic E-state index is -0.242. The second-order valence-electron chi connectivity index (χ2n) is 27.9. The molecule has 6 amide bonds. The van der Waals surface area contributed by atoms with Crippen LogP contribution in [-0.2, 0) is 38.5 Å². The first-order valence-electron chi connectivity index (χ1n) is 33.9. The van der Waals surface area contributed by atoms with Crippen molar-refractivity contribution in [3.05, 3.63) is 265 Å². The summed E-state index contributed by atoms with van der Waals surface area (Å²) < 4.78 is 1.10. The molecular formula is C83H105BrN4O12. The van der Waals surface area contributed by atoms with Crippen molar-refractivity contribution in [1.82, 2.24) is 14.7 Å². The van der Waals surface area contributed by atoms with Crippen LogP contribution in [0.2, 0.25) is 0 Å². The molecule has 0 saturated heterocycles. The Kier molecular flexibility index (Phi) is 34.8. The van der Waals surface area contributed by atoms with Gasteiger partial charge in [0.15, 0.2) is 0 Å². The Morgan fingerprint density at radius 2 is 0.710 bits per heavy atom. The van der Waals surface area contributed by atoms with Gasteiger partial charge in [0.25, 0.3) is 35.4 Å². The molecule has 0 aromatic heterocycles. The summed E-state index contributed by atoms with van der Waals surface area (Å²) in [7, 11) is 1.00. The highest BCUT2D eigenvalue weighted by atomic mass is 79.9. The fraction of sp³-hybridized carbons (Fsp3) is 0.373. The third-order valence-corrected chi connectivity index (χ3v) is 16.8. The molecule has 16 nitrogen and oxygen atoms in total. The summed E-state index contributed by atoms with van der Waals surface area (Å²) in [6.07, 6.45) is 12.3. The number of fused-ring (bicyclic) bond motifs is 3. The maximum absolute atomic E-state index is 12.4. The lowest BCUT2D eigenvalue weighted by atomic mass is 9.86. The quantitative estimate of drug-likeness (QED) is 0.0220. The first kappa shape index (κ1) is 84.1. The number of amides is 6. The van der Waals surface area contributed by atoms with E-state index in [2.05, 4.69) is 111 Å². The van der Waals surface area contributed by atoms with Crippen molar-refractivity contribution in [2.45, 2.75) is 114 Å². The Hall–Kier alpha value is -8.36. The molecule has 3 aliphatic heterocycles. The molecule has 0 bridgehead atoms. The van der Waals surface area contributed by atoms with E-state index in [0.717, 1.165) is 80.6 Å². The average Bonchev–Trinajstić information content (AvgIpc) is 1.66. The monoisotopic (exact) mass is 1430 g/mol. The van der Waals surface area contributed by atoms with Crippen molar-refractivity contribution < 1.29 is 59.4 Å². The molecule has 10 rings (SSSR count). The van der Waals surface area contributed by atoms with Gasteiger partial charge >= 0.3 is 0 Å². The molecule has 7 aromatic carbocycles. The molecule has 7 aromatic rings. The second kappa shape index (κ2) is 41.4. The van der Waals surface area contributed by atoms with E-state index in [-0.39, 0.29) is 103 Å². The zero-order chi connectivity index (χ0) is 74.2. The van der Waals surface area contributed by atoms with Gasteiger partial charge in [-0.15, -0.1) is 6.58 Å². The topological polar surface area (TPSA) is 260 Å². The maximum atomic E-state index is 12.4. The molecule has 0 radical (unpaired) electrons. The van der Waals surface area contributed by atoms with E-state index in [9.17, 15) is 44.1 Å². The molecule has 0 fully saturated rings. The van der Waals surface area contributed by atoms with Crippen LogP contribution in [0.5, 0.6) is 0 Å². The number of imide groups is 3. The zero-order valence-corrected chi connectivity index (χ0v) is 61.6. The van der Waals surface area contributed by atoms with Gasteiger partial charge in [-0.3, -0.25) is 43.5 Å². The summed E-state index contributed by atoms with van der Waals surface area (Å²) in [5.74, 6) is -1.33. The average molecular weight is 1430 g/mol. The molecule has 3 heterocycles. The van der Waals surface area contributed by atoms with E-state index < -0.39 is 0 Å². The molecule has 3 aliphatic rings. The lowest BCUT2D eigenvalue weighted by Crippen LogP contribution is -2.30. The van der Waals surface area contributed by atoms with Gasteiger partial charge in [-0.2, -0.15) is 0 Å². The third kappa shape index (κ3) is 26.3. The van der Waals surface area contributed by atoms with Crippen LogP contribution in [0.15, 0.2) is 193 Å². The van der Waals surface area contributed by atoms with Gasteiger partial charge in [-0.1, -0.05) is 211 Å². The number of aliphatic hydroxyl groups is 6. The van der Waals surface area contributed by atoms with Gasteiger partial charge in [0.1, 0.15) is 0 Å². The second-order valence-corrected chi connectivity index (χ2v) is 28.8. The summed E-state index contributed by atoms with van der Waals surface area (Å²) in [4.78, 5) is 76.5. The van der Waals surface area contributed by atoms with E-state index in [1.807, 2.05) is 76.2 Å². The number of aryl methyl sites for hydroxylation is 2. The minimum Gasteiger partial charge on any atom is -0.400 e. The Labute approximate surface area is 601 Å². The van der Waals surface area contributed by atoms with Gasteiger partial charge in [-0.05, 0) is 174 Å². The van der Waals surface area contributed by atoms with Crippen molar-refractivity contribution in [1.29, 1.82) is 0 Å².